The Labute approximate surface area is 179 Å². The largest absolute Gasteiger partial charge is 0.416 e. The zero-order chi connectivity index (χ0) is 22.6. The van der Waals surface area contributed by atoms with Crippen molar-refractivity contribution in [3.63, 3.8) is 0 Å². The lowest BCUT2D eigenvalue weighted by atomic mass is 9.93. The number of nitrogen functional groups attached to an aromatic ring is 1. The molecule has 2 amide bonds. The number of nitrogens with one attached hydrogen (secondary N) is 1. The van der Waals surface area contributed by atoms with Crippen LogP contribution < -0.4 is 11.1 Å². The van der Waals surface area contributed by atoms with Crippen LogP contribution in [0, 0.1) is 0 Å². The molecule has 2 aromatic rings. The standard InChI is InChI=1S/C23H26F3N3O2/c1-2-18(15-6-4-3-5-7-15)22(31)29-12-10-17(11-13-29)28-21(30)19-14-16(23(24,25)26)8-9-20(19)27/h3-9,14,17-18H,2,10-13,27H2,1H3,(H,28,30)/t18-/m1/s1. The van der Waals surface area contributed by atoms with Crippen molar-refractivity contribution in [2.75, 3.05) is 18.8 Å². The number of rotatable bonds is 5. The Balaban J connectivity index is 1.60. The Morgan fingerprint density at radius 2 is 1.77 bits per heavy atom. The maximum absolute atomic E-state index is 13.0. The second-order valence-corrected chi connectivity index (χ2v) is 7.74. The average Bonchev–Trinajstić information content (AvgIpc) is 2.75. The van der Waals surface area contributed by atoms with E-state index < -0.39 is 17.6 Å². The first-order valence-electron chi connectivity index (χ1n) is 10.3. The minimum absolute atomic E-state index is 0.00763. The quantitative estimate of drug-likeness (QED) is 0.694. The Hall–Kier alpha value is -3.03. The van der Waals surface area contributed by atoms with E-state index in [1.165, 1.54) is 0 Å². The maximum atomic E-state index is 13.0. The van der Waals surface area contributed by atoms with Gasteiger partial charge in [-0.25, -0.2) is 0 Å². The van der Waals surface area contributed by atoms with E-state index in [2.05, 4.69) is 5.32 Å². The van der Waals surface area contributed by atoms with Gasteiger partial charge in [0.15, 0.2) is 0 Å². The molecule has 0 spiro atoms. The van der Waals surface area contributed by atoms with Crippen molar-refractivity contribution in [2.24, 2.45) is 0 Å². The molecule has 1 atom stereocenters. The molecule has 0 unspecified atom stereocenters. The maximum Gasteiger partial charge on any atom is 0.416 e. The molecule has 1 saturated heterocycles. The molecule has 1 heterocycles. The van der Waals surface area contributed by atoms with Crippen LogP contribution in [0.25, 0.3) is 0 Å². The third-order valence-electron chi connectivity index (χ3n) is 5.68. The van der Waals surface area contributed by atoms with E-state index in [1.54, 1.807) is 4.90 Å². The summed E-state index contributed by atoms with van der Waals surface area (Å²) in [5.41, 5.74) is 5.58. The van der Waals surface area contributed by atoms with Gasteiger partial charge < -0.3 is 16.0 Å². The Kier molecular flexibility index (Phi) is 6.87. The number of nitrogens with two attached hydrogens (primary N) is 1. The molecule has 8 heteroatoms. The lowest BCUT2D eigenvalue weighted by molar-refractivity contribution is -0.137. The van der Waals surface area contributed by atoms with Gasteiger partial charge >= 0.3 is 6.18 Å². The van der Waals surface area contributed by atoms with Crippen LogP contribution in [0.2, 0.25) is 0 Å². The molecule has 0 aromatic heterocycles. The number of hydrogen-bond acceptors (Lipinski definition) is 3. The van der Waals surface area contributed by atoms with Gasteiger partial charge in [-0.1, -0.05) is 37.3 Å². The number of hydrogen-bond donors (Lipinski definition) is 2. The second-order valence-electron chi connectivity index (χ2n) is 7.74. The van der Waals surface area contributed by atoms with Crippen LogP contribution in [-0.4, -0.2) is 35.8 Å². The van der Waals surface area contributed by atoms with Gasteiger partial charge in [-0.05, 0) is 43.0 Å². The molecule has 1 fully saturated rings. The van der Waals surface area contributed by atoms with E-state index in [1.807, 2.05) is 37.3 Å². The summed E-state index contributed by atoms with van der Waals surface area (Å²) < 4.78 is 38.8. The van der Waals surface area contributed by atoms with E-state index in [4.69, 9.17) is 5.73 Å². The van der Waals surface area contributed by atoms with Crippen molar-refractivity contribution < 1.29 is 22.8 Å². The molecule has 0 saturated carbocycles. The highest BCUT2D eigenvalue weighted by molar-refractivity contribution is 5.99. The minimum Gasteiger partial charge on any atom is -0.398 e. The second kappa shape index (κ2) is 9.41. The van der Waals surface area contributed by atoms with Crippen molar-refractivity contribution >= 4 is 17.5 Å². The van der Waals surface area contributed by atoms with Crippen LogP contribution in [0.3, 0.4) is 0 Å². The molecule has 3 rings (SSSR count). The number of alkyl halides is 3. The fourth-order valence-corrected chi connectivity index (χ4v) is 3.90. The van der Waals surface area contributed by atoms with Gasteiger partial charge in [-0.3, -0.25) is 9.59 Å². The SMILES string of the molecule is CC[C@@H](C(=O)N1CCC(NC(=O)c2cc(C(F)(F)F)ccc2N)CC1)c1ccccc1. The number of benzene rings is 2. The molecule has 1 aliphatic rings. The molecule has 5 nitrogen and oxygen atoms in total. The average molecular weight is 433 g/mol. The van der Waals surface area contributed by atoms with Gasteiger partial charge in [0.25, 0.3) is 5.91 Å². The van der Waals surface area contributed by atoms with Crippen molar-refractivity contribution in [1.29, 1.82) is 0 Å². The molecule has 0 aliphatic carbocycles. The van der Waals surface area contributed by atoms with Crippen LogP contribution >= 0.6 is 0 Å². The molecular formula is C23H26F3N3O2. The number of nitrogens with zero attached hydrogens (tertiary/aromatic N) is 1. The lowest BCUT2D eigenvalue weighted by Crippen LogP contribution is -2.47. The summed E-state index contributed by atoms with van der Waals surface area (Å²) in [5, 5.41) is 2.76. The van der Waals surface area contributed by atoms with E-state index in [0.717, 1.165) is 23.8 Å². The van der Waals surface area contributed by atoms with Crippen molar-refractivity contribution in [3.8, 4) is 0 Å². The molecule has 31 heavy (non-hydrogen) atoms. The summed E-state index contributed by atoms with van der Waals surface area (Å²) >= 11 is 0. The summed E-state index contributed by atoms with van der Waals surface area (Å²) in [6, 6.07) is 12.1. The Bertz CT molecular complexity index is 923. The van der Waals surface area contributed by atoms with Crippen LogP contribution in [0.4, 0.5) is 18.9 Å². The van der Waals surface area contributed by atoms with Gasteiger partial charge in [-0.2, -0.15) is 13.2 Å². The number of amides is 2. The summed E-state index contributed by atoms with van der Waals surface area (Å²) in [6.07, 6.45) is -2.81. The monoisotopic (exact) mass is 433 g/mol. The first-order valence-corrected chi connectivity index (χ1v) is 10.3. The van der Waals surface area contributed by atoms with E-state index in [9.17, 15) is 22.8 Å². The van der Waals surface area contributed by atoms with Crippen molar-refractivity contribution in [3.05, 3.63) is 65.2 Å². The van der Waals surface area contributed by atoms with Gasteiger partial charge in [0, 0.05) is 24.8 Å². The number of piperidine rings is 1. The smallest absolute Gasteiger partial charge is 0.398 e. The van der Waals surface area contributed by atoms with E-state index >= 15 is 0 Å². The number of halogens is 3. The Morgan fingerprint density at radius 1 is 1.13 bits per heavy atom. The summed E-state index contributed by atoms with van der Waals surface area (Å²) in [5.74, 6) is -0.790. The van der Waals surface area contributed by atoms with Gasteiger partial charge in [0.2, 0.25) is 5.91 Å². The number of likely N-dealkylation sites (tertiary alicyclic amines) is 1. The van der Waals surface area contributed by atoms with Crippen LogP contribution in [0.15, 0.2) is 48.5 Å². The van der Waals surface area contributed by atoms with Crippen molar-refractivity contribution in [2.45, 2.75) is 44.3 Å². The summed E-state index contributed by atoms with van der Waals surface area (Å²) in [6.45, 7) is 2.93. The highest BCUT2D eigenvalue weighted by Crippen LogP contribution is 2.31. The molecule has 0 radical (unpaired) electrons. The topological polar surface area (TPSA) is 75.4 Å². The van der Waals surface area contributed by atoms with Gasteiger partial charge in [0.1, 0.15) is 0 Å². The summed E-state index contributed by atoms with van der Waals surface area (Å²) in [4.78, 5) is 27.3. The minimum atomic E-state index is -4.55. The highest BCUT2D eigenvalue weighted by atomic mass is 19.4. The predicted octanol–water partition coefficient (Wildman–Crippen LogP) is 4.20. The zero-order valence-corrected chi connectivity index (χ0v) is 17.3. The molecule has 2 aromatic carbocycles. The third kappa shape index (κ3) is 5.37. The normalized spacial score (nSPS) is 16.1. The Morgan fingerprint density at radius 3 is 2.35 bits per heavy atom. The van der Waals surface area contributed by atoms with E-state index in [-0.39, 0.29) is 29.1 Å². The zero-order valence-electron chi connectivity index (χ0n) is 17.3. The van der Waals surface area contributed by atoms with Gasteiger partial charge in [-0.15, -0.1) is 0 Å². The highest BCUT2D eigenvalue weighted by Gasteiger charge is 2.32. The van der Waals surface area contributed by atoms with Crippen LogP contribution in [-0.2, 0) is 11.0 Å². The third-order valence-corrected chi connectivity index (χ3v) is 5.68. The lowest BCUT2D eigenvalue weighted by Gasteiger charge is -2.34. The fraction of sp³-hybridized carbons (Fsp3) is 0.391. The van der Waals surface area contributed by atoms with E-state index in [0.29, 0.717) is 32.4 Å². The molecule has 3 N–H and O–H groups in total. The number of anilines is 1. The first kappa shape index (κ1) is 22.7. The molecular weight excluding hydrogens is 407 g/mol. The first-order chi connectivity index (χ1) is 14.7. The van der Waals surface area contributed by atoms with Gasteiger partial charge in [0.05, 0.1) is 17.0 Å². The fourth-order valence-electron chi connectivity index (χ4n) is 3.90. The predicted molar refractivity (Wildman–Crippen MR) is 112 cm³/mol. The number of carbonyl (C=O) groups is 2. The molecule has 166 valence electrons. The molecule has 0 bridgehead atoms. The molecule has 1 aliphatic heterocycles. The van der Waals surface area contributed by atoms with Crippen LogP contribution in [0.5, 0.6) is 0 Å². The number of carbonyl (C=O) groups excluding carboxylic acids is 2. The summed E-state index contributed by atoms with van der Waals surface area (Å²) in [7, 11) is 0. The van der Waals surface area contributed by atoms with Crippen molar-refractivity contribution in [1.82, 2.24) is 10.2 Å². The van der Waals surface area contributed by atoms with Crippen LogP contribution in [0.1, 0.15) is 53.6 Å².